The van der Waals surface area contributed by atoms with Crippen LogP contribution in [0.15, 0.2) is 30.3 Å². The lowest BCUT2D eigenvalue weighted by Crippen LogP contribution is -2.45. The highest BCUT2D eigenvalue weighted by molar-refractivity contribution is 6.04. The number of rotatable bonds is 4. The van der Waals surface area contributed by atoms with Crippen LogP contribution in [0.25, 0.3) is 10.9 Å². The smallest absolute Gasteiger partial charge is 0.339 e. The van der Waals surface area contributed by atoms with Crippen molar-refractivity contribution in [1.82, 2.24) is 15.6 Å². The Labute approximate surface area is 151 Å². The summed E-state index contributed by atoms with van der Waals surface area (Å²) in [7, 11) is 0. The molecule has 1 heterocycles. The molecule has 3 rings (SSSR count). The van der Waals surface area contributed by atoms with Gasteiger partial charge in [-0.25, -0.2) is 9.59 Å². The van der Waals surface area contributed by atoms with Crippen LogP contribution < -0.4 is 10.6 Å². The number of urea groups is 1. The number of pyridine rings is 1. The molecule has 2 aromatic rings. The Balaban J connectivity index is 1.57. The van der Waals surface area contributed by atoms with Crippen LogP contribution in [0.3, 0.4) is 0 Å². The van der Waals surface area contributed by atoms with Crippen LogP contribution in [0.5, 0.6) is 0 Å². The molecule has 26 heavy (non-hydrogen) atoms. The highest BCUT2D eigenvalue weighted by Gasteiger charge is 2.19. The van der Waals surface area contributed by atoms with Crippen LogP contribution in [0.1, 0.15) is 41.7 Å². The van der Waals surface area contributed by atoms with E-state index >= 15 is 0 Å². The van der Waals surface area contributed by atoms with E-state index in [0.717, 1.165) is 25.7 Å². The molecule has 1 aliphatic carbocycles. The number of carbonyl (C=O) groups excluding carboxylic acids is 3. The number of hydrogen-bond donors (Lipinski definition) is 2. The Morgan fingerprint density at radius 2 is 1.92 bits per heavy atom. The van der Waals surface area contributed by atoms with Crippen molar-refractivity contribution in [2.45, 2.75) is 38.6 Å². The normalized spacial score (nSPS) is 14.2. The predicted molar refractivity (Wildman–Crippen MR) is 95.7 cm³/mol. The third-order valence-electron chi connectivity index (χ3n) is 4.34. The van der Waals surface area contributed by atoms with E-state index in [0.29, 0.717) is 22.2 Å². The quantitative estimate of drug-likeness (QED) is 0.821. The van der Waals surface area contributed by atoms with Gasteiger partial charge in [-0.15, -0.1) is 0 Å². The maximum Gasteiger partial charge on any atom is 0.339 e. The van der Waals surface area contributed by atoms with Gasteiger partial charge >= 0.3 is 12.0 Å². The molecule has 0 saturated heterocycles. The van der Waals surface area contributed by atoms with E-state index in [-0.39, 0.29) is 6.04 Å². The summed E-state index contributed by atoms with van der Waals surface area (Å²) in [5, 5.41) is 5.58. The summed E-state index contributed by atoms with van der Waals surface area (Å²) in [6.07, 6.45) is 4.00. The Morgan fingerprint density at radius 3 is 2.69 bits per heavy atom. The minimum absolute atomic E-state index is 0.108. The number of aromatic nitrogens is 1. The summed E-state index contributed by atoms with van der Waals surface area (Å²) in [6.45, 7) is 1.26. The Hall–Kier alpha value is -2.96. The van der Waals surface area contributed by atoms with Crippen LogP contribution >= 0.6 is 0 Å². The number of carbonyl (C=O) groups is 3. The van der Waals surface area contributed by atoms with Crippen LogP contribution in [0.4, 0.5) is 4.79 Å². The first-order chi connectivity index (χ1) is 12.5. The molecule has 0 bridgehead atoms. The SMILES string of the molecule is Cc1cc(C(=O)OCC(=O)NC(=O)NC2CCCC2)c2ccccc2n1. The molecule has 0 spiro atoms. The molecule has 3 amide bonds. The molecule has 0 aliphatic heterocycles. The zero-order valence-corrected chi connectivity index (χ0v) is 14.6. The average Bonchev–Trinajstić information content (AvgIpc) is 3.11. The third-order valence-corrected chi connectivity index (χ3v) is 4.34. The van der Waals surface area contributed by atoms with E-state index in [2.05, 4.69) is 15.6 Å². The first kappa shape index (κ1) is 17.8. The van der Waals surface area contributed by atoms with Crippen molar-refractivity contribution >= 4 is 28.8 Å². The lowest BCUT2D eigenvalue weighted by Gasteiger charge is -2.12. The van der Waals surface area contributed by atoms with Crippen molar-refractivity contribution in [2.75, 3.05) is 6.61 Å². The summed E-state index contributed by atoms with van der Waals surface area (Å²) >= 11 is 0. The van der Waals surface area contributed by atoms with Crippen molar-refractivity contribution in [2.24, 2.45) is 0 Å². The van der Waals surface area contributed by atoms with Crippen molar-refractivity contribution in [1.29, 1.82) is 0 Å². The second kappa shape index (κ2) is 7.95. The van der Waals surface area contributed by atoms with Gasteiger partial charge < -0.3 is 10.1 Å². The fraction of sp³-hybridized carbons (Fsp3) is 0.368. The number of aryl methyl sites for hydroxylation is 1. The highest BCUT2D eigenvalue weighted by Crippen LogP contribution is 2.19. The largest absolute Gasteiger partial charge is 0.452 e. The van der Waals surface area contributed by atoms with E-state index in [4.69, 9.17) is 4.74 Å². The van der Waals surface area contributed by atoms with Gasteiger partial charge in [0.1, 0.15) is 0 Å². The van der Waals surface area contributed by atoms with Gasteiger partial charge in [-0.2, -0.15) is 0 Å². The minimum Gasteiger partial charge on any atom is -0.452 e. The lowest BCUT2D eigenvalue weighted by atomic mass is 10.1. The fourth-order valence-electron chi connectivity index (χ4n) is 3.14. The van der Waals surface area contributed by atoms with Gasteiger partial charge in [-0.3, -0.25) is 15.1 Å². The van der Waals surface area contributed by atoms with Crippen molar-refractivity contribution in [3.8, 4) is 0 Å². The molecular weight excluding hydrogens is 334 g/mol. The number of hydrogen-bond acceptors (Lipinski definition) is 5. The number of nitrogens with zero attached hydrogens (tertiary/aromatic N) is 1. The minimum atomic E-state index is -0.663. The van der Waals surface area contributed by atoms with Crippen LogP contribution in [0.2, 0.25) is 0 Å². The molecule has 1 aliphatic rings. The van der Waals surface area contributed by atoms with E-state index < -0.39 is 24.5 Å². The molecular formula is C19H21N3O4. The van der Waals surface area contributed by atoms with E-state index in [1.165, 1.54) is 0 Å². The second-order valence-electron chi connectivity index (χ2n) is 6.41. The number of amides is 3. The highest BCUT2D eigenvalue weighted by atomic mass is 16.5. The van der Waals surface area contributed by atoms with Gasteiger partial charge in [-0.05, 0) is 31.9 Å². The Kier molecular flexibility index (Phi) is 5.46. The molecule has 7 heteroatoms. The lowest BCUT2D eigenvalue weighted by molar-refractivity contribution is -0.123. The molecule has 1 aromatic heterocycles. The standard InChI is InChI=1S/C19H21N3O4/c1-12-10-15(14-8-4-5-9-16(14)20-12)18(24)26-11-17(23)22-19(25)21-13-6-2-3-7-13/h4-5,8-10,13H,2-3,6-7,11H2,1H3,(H2,21,22,23,25). The maximum absolute atomic E-state index is 12.3. The second-order valence-corrected chi connectivity index (χ2v) is 6.41. The molecule has 0 radical (unpaired) electrons. The fourth-order valence-corrected chi connectivity index (χ4v) is 3.14. The predicted octanol–water partition coefficient (Wildman–Crippen LogP) is 2.47. The van der Waals surface area contributed by atoms with Crippen molar-refractivity contribution in [3.63, 3.8) is 0 Å². The van der Waals surface area contributed by atoms with Gasteiger partial charge in [0.15, 0.2) is 6.61 Å². The topological polar surface area (TPSA) is 97.4 Å². The van der Waals surface area contributed by atoms with Crippen molar-refractivity contribution < 1.29 is 19.1 Å². The van der Waals surface area contributed by atoms with Gasteiger partial charge in [0, 0.05) is 17.1 Å². The monoisotopic (exact) mass is 355 g/mol. The number of para-hydroxylation sites is 1. The summed E-state index contributed by atoms with van der Waals surface area (Å²) in [5.74, 6) is -1.29. The molecule has 2 N–H and O–H groups in total. The number of benzene rings is 1. The first-order valence-corrected chi connectivity index (χ1v) is 8.67. The summed E-state index contributed by atoms with van der Waals surface area (Å²) < 4.78 is 5.07. The van der Waals surface area contributed by atoms with Crippen molar-refractivity contribution in [3.05, 3.63) is 41.6 Å². The van der Waals surface area contributed by atoms with E-state index in [1.807, 2.05) is 6.07 Å². The Bertz CT molecular complexity index is 844. The van der Waals surface area contributed by atoms with Gasteiger partial charge in [-0.1, -0.05) is 31.0 Å². The molecule has 1 aromatic carbocycles. The van der Waals surface area contributed by atoms with Crippen LogP contribution in [-0.4, -0.2) is 35.5 Å². The number of ether oxygens (including phenoxy) is 1. The van der Waals surface area contributed by atoms with Gasteiger partial charge in [0.2, 0.25) is 0 Å². The molecule has 0 unspecified atom stereocenters. The maximum atomic E-state index is 12.3. The zero-order valence-electron chi connectivity index (χ0n) is 14.6. The first-order valence-electron chi connectivity index (χ1n) is 8.67. The average molecular weight is 355 g/mol. The van der Waals surface area contributed by atoms with Crippen LogP contribution in [0, 0.1) is 6.92 Å². The number of esters is 1. The number of imide groups is 1. The summed E-state index contributed by atoms with van der Waals surface area (Å²) in [6, 6.07) is 8.39. The Morgan fingerprint density at radius 1 is 1.19 bits per heavy atom. The number of nitrogens with one attached hydrogen (secondary N) is 2. The van der Waals surface area contributed by atoms with E-state index in [9.17, 15) is 14.4 Å². The third kappa shape index (κ3) is 4.36. The molecule has 136 valence electrons. The molecule has 1 saturated carbocycles. The van der Waals surface area contributed by atoms with E-state index in [1.54, 1.807) is 31.2 Å². The zero-order chi connectivity index (χ0) is 18.5. The molecule has 7 nitrogen and oxygen atoms in total. The van der Waals surface area contributed by atoms with Crippen LogP contribution in [-0.2, 0) is 9.53 Å². The van der Waals surface area contributed by atoms with Gasteiger partial charge in [0.25, 0.3) is 5.91 Å². The number of fused-ring (bicyclic) bond motifs is 1. The summed E-state index contributed by atoms with van der Waals surface area (Å²) in [5.41, 5.74) is 1.70. The van der Waals surface area contributed by atoms with Gasteiger partial charge in [0.05, 0.1) is 11.1 Å². The summed E-state index contributed by atoms with van der Waals surface area (Å²) in [4.78, 5) is 40.3. The molecule has 1 fully saturated rings. The molecule has 0 atom stereocenters.